The number of carboxylic acids is 1. The van der Waals surface area contributed by atoms with E-state index >= 15 is 0 Å². The summed E-state index contributed by atoms with van der Waals surface area (Å²) < 4.78 is 11.6. The summed E-state index contributed by atoms with van der Waals surface area (Å²) in [5.74, 6) is 1.22. The Morgan fingerprint density at radius 3 is 2.57 bits per heavy atom. The number of fused-ring (bicyclic) bond motifs is 1. The molecule has 3 aromatic carbocycles. The molecule has 0 bridgehead atoms. The van der Waals surface area contributed by atoms with Crippen LogP contribution >= 0.6 is 0 Å². The van der Waals surface area contributed by atoms with Crippen molar-refractivity contribution in [2.45, 2.75) is 13.3 Å². The van der Waals surface area contributed by atoms with Gasteiger partial charge in [0, 0.05) is 12.0 Å². The summed E-state index contributed by atoms with van der Waals surface area (Å²) in [6.07, 6.45) is 0.637. The largest absolute Gasteiger partial charge is 0.493 e. The van der Waals surface area contributed by atoms with Crippen LogP contribution in [-0.2, 0) is 6.42 Å². The van der Waals surface area contributed by atoms with Crippen molar-refractivity contribution in [3.8, 4) is 17.2 Å². The standard InChI is InChI=1S/C23H19NO4/c1-15-21(24-22(28-15)16-5-3-2-4-6-16)11-12-27-20-10-9-17-13-19(23(25)26)8-7-18(17)14-20/h2-10,13-14H,11-12H2,1H3,(H,25,26). The van der Waals surface area contributed by atoms with E-state index in [-0.39, 0.29) is 5.56 Å². The summed E-state index contributed by atoms with van der Waals surface area (Å²) in [6.45, 7) is 2.38. The molecule has 4 rings (SSSR count). The minimum atomic E-state index is -0.930. The summed E-state index contributed by atoms with van der Waals surface area (Å²) in [5.41, 5.74) is 2.11. The van der Waals surface area contributed by atoms with E-state index in [1.807, 2.05) is 55.5 Å². The van der Waals surface area contributed by atoms with Gasteiger partial charge in [0.15, 0.2) is 0 Å². The van der Waals surface area contributed by atoms with Gasteiger partial charge in [0.05, 0.1) is 17.9 Å². The third-order valence-corrected chi connectivity index (χ3v) is 4.58. The number of oxazole rings is 1. The van der Waals surface area contributed by atoms with E-state index in [1.165, 1.54) is 0 Å². The lowest BCUT2D eigenvalue weighted by Gasteiger charge is -2.07. The first kappa shape index (κ1) is 17.8. The maximum absolute atomic E-state index is 11.1. The van der Waals surface area contributed by atoms with Crippen LogP contribution in [0.1, 0.15) is 21.8 Å². The van der Waals surface area contributed by atoms with Gasteiger partial charge < -0.3 is 14.3 Å². The molecule has 1 aromatic heterocycles. The van der Waals surface area contributed by atoms with Crippen molar-refractivity contribution in [1.29, 1.82) is 0 Å². The van der Waals surface area contributed by atoms with Crippen LogP contribution < -0.4 is 4.74 Å². The molecule has 28 heavy (non-hydrogen) atoms. The van der Waals surface area contributed by atoms with Gasteiger partial charge in [-0.3, -0.25) is 0 Å². The smallest absolute Gasteiger partial charge is 0.335 e. The Hall–Kier alpha value is -3.60. The maximum atomic E-state index is 11.1. The zero-order chi connectivity index (χ0) is 19.5. The Labute approximate surface area is 162 Å². The number of benzene rings is 3. The molecule has 0 aliphatic carbocycles. The Morgan fingerprint density at radius 1 is 1.04 bits per heavy atom. The number of aromatic nitrogens is 1. The van der Waals surface area contributed by atoms with E-state index in [2.05, 4.69) is 4.98 Å². The van der Waals surface area contributed by atoms with E-state index in [0.717, 1.165) is 33.5 Å². The Morgan fingerprint density at radius 2 is 1.79 bits per heavy atom. The van der Waals surface area contributed by atoms with Crippen LogP contribution in [0.5, 0.6) is 5.75 Å². The first-order valence-electron chi connectivity index (χ1n) is 9.02. The van der Waals surface area contributed by atoms with Gasteiger partial charge in [-0.15, -0.1) is 0 Å². The molecule has 0 aliphatic rings. The molecule has 0 unspecified atom stereocenters. The third kappa shape index (κ3) is 3.74. The van der Waals surface area contributed by atoms with Crippen molar-refractivity contribution in [2.24, 2.45) is 0 Å². The molecule has 0 radical (unpaired) electrons. The Balaban J connectivity index is 1.43. The van der Waals surface area contributed by atoms with Gasteiger partial charge in [0.2, 0.25) is 5.89 Å². The molecular weight excluding hydrogens is 354 g/mol. The van der Waals surface area contributed by atoms with Gasteiger partial charge in [0.1, 0.15) is 11.5 Å². The number of hydrogen-bond donors (Lipinski definition) is 1. The van der Waals surface area contributed by atoms with Gasteiger partial charge in [-0.2, -0.15) is 0 Å². The molecule has 0 spiro atoms. The highest BCUT2D eigenvalue weighted by Gasteiger charge is 2.11. The minimum absolute atomic E-state index is 0.275. The SMILES string of the molecule is Cc1oc(-c2ccccc2)nc1CCOc1ccc2cc(C(=O)O)ccc2c1. The summed E-state index contributed by atoms with van der Waals surface area (Å²) in [7, 11) is 0. The van der Waals surface area contributed by atoms with Gasteiger partial charge in [-0.05, 0) is 54.1 Å². The molecule has 5 heteroatoms. The van der Waals surface area contributed by atoms with Crippen LogP contribution in [0.25, 0.3) is 22.2 Å². The quantitative estimate of drug-likeness (QED) is 0.508. The molecule has 0 amide bonds. The molecule has 4 aromatic rings. The van der Waals surface area contributed by atoms with Crippen molar-refractivity contribution >= 4 is 16.7 Å². The predicted octanol–water partition coefficient (Wildman–Crippen LogP) is 5.12. The van der Waals surface area contributed by atoms with E-state index < -0.39 is 5.97 Å². The molecule has 0 saturated heterocycles. The number of ether oxygens (including phenoxy) is 1. The first-order valence-corrected chi connectivity index (χ1v) is 9.02. The van der Waals surface area contributed by atoms with Crippen molar-refractivity contribution in [3.63, 3.8) is 0 Å². The average Bonchev–Trinajstić information content (AvgIpc) is 3.09. The van der Waals surface area contributed by atoms with Crippen molar-refractivity contribution < 1.29 is 19.1 Å². The summed E-state index contributed by atoms with van der Waals surface area (Å²) in [6, 6.07) is 20.5. The molecule has 0 saturated carbocycles. The number of aromatic carboxylic acids is 1. The van der Waals surface area contributed by atoms with Crippen LogP contribution in [0.15, 0.2) is 71.1 Å². The van der Waals surface area contributed by atoms with Crippen molar-refractivity contribution in [3.05, 3.63) is 83.7 Å². The Bertz CT molecular complexity index is 1130. The fraction of sp³-hybridized carbons (Fsp3) is 0.130. The molecule has 0 aliphatic heterocycles. The van der Waals surface area contributed by atoms with Crippen LogP contribution in [0.4, 0.5) is 0 Å². The molecule has 1 heterocycles. The van der Waals surface area contributed by atoms with Crippen molar-refractivity contribution in [2.75, 3.05) is 6.61 Å². The highest BCUT2D eigenvalue weighted by molar-refractivity contribution is 5.94. The lowest BCUT2D eigenvalue weighted by atomic mass is 10.1. The number of rotatable bonds is 6. The number of nitrogens with zero attached hydrogens (tertiary/aromatic N) is 1. The summed E-state index contributed by atoms with van der Waals surface area (Å²) in [5, 5.41) is 10.9. The van der Waals surface area contributed by atoms with Gasteiger partial charge >= 0.3 is 5.97 Å². The number of hydrogen-bond acceptors (Lipinski definition) is 4. The van der Waals surface area contributed by atoms with Crippen LogP contribution in [0.2, 0.25) is 0 Å². The van der Waals surface area contributed by atoms with E-state index in [4.69, 9.17) is 14.3 Å². The lowest BCUT2D eigenvalue weighted by Crippen LogP contribution is -2.02. The fourth-order valence-electron chi connectivity index (χ4n) is 3.08. The van der Waals surface area contributed by atoms with Crippen LogP contribution in [0, 0.1) is 6.92 Å². The topological polar surface area (TPSA) is 72.6 Å². The maximum Gasteiger partial charge on any atom is 0.335 e. The monoisotopic (exact) mass is 373 g/mol. The lowest BCUT2D eigenvalue weighted by molar-refractivity contribution is 0.0697. The van der Waals surface area contributed by atoms with Gasteiger partial charge in [-0.25, -0.2) is 9.78 Å². The first-order chi connectivity index (χ1) is 13.6. The zero-order valence-corrected chi connectivity index (χ0v) is 15.4. The van der Waals surface area contributed by atoms with Crippen molar-refractivity contribution in [1.82, 2.24) is 4.98 Å². The molecule has 5 nitrogen and oxygen atoms in total. The normalized spacial score (nSPS) is 10.9. The van der Waals surface area contributed by atoms with E-state index in [9.17, 15) is 4.79 Å². The van der Waals surface area contributed by atoms with Gasteiger partial charge in [-0.1, -0.05) is 30.3 Å². The van der Waals surface area contributed by atoms with Crippen LogP contribution in [-0.4, -0.2) is 22.7 Å². The third-order valence-electron chi connectivity index (χ3n) is 4.58. The Kier molecular flexibility index (Phi) is 4.81. The van der Waals surface area contributed by atoms with Crippen LogP contribution in [0.3, 0.4) is 0 Å². The molecular formula is C23H19NO4. The molecule has 0 fully saturated rings. The molecule has 140 valence electrons. The fourth-order valence-corrected chi connectivity index (χ4v) is 3.08. The predicted molar refractivity (Wildman–Crippen MR) is 107 cm³/mol. The summed E-state index contributed by atoms with van der Waals surface area (Å²) in [4.78, 5) is 15.7. The van der Waals surface area contributed by atoms with E-state index in [0.29, 0.717) is 18.9 Å². The van der Waals surface area contributed by atoms with Gasteiger partial charge in [0.25, 0.3) is 0 Å². The number of carboxylic acid groups (broad SMARTS) is 1. The zero-order valence-electron chi connectivity index (χ0n) is 15.4. The second-order valence-corrected chi connectivity index (χ2v) is 6.52. The van der Waals surface area contributed by atoms with E-state index in [1.54, 1.807) is 18.2 Å². The molecule has 1 N–H and O–H groups in total. The molecule has 0 atom stereocenters. The second-order valence-electron chi connectivity index (χ2n) is 6.52. The minimum Gasteiger partial charge on any atom is -0.493 e. The highest BCUT2D eigenvalue weighted by atomic mass is 16.5. The highest BCUT2D eigenvalue weighted by Crippen LogP contribution is 2.24. The number of carbonyl (C=O) groups is 1. The summed E-state index contributed by atoms with van der Waals surface area (Å²) >= 11 is 0. The average molecular weight is 373 g/mol. The number of aryl methyl sites for hydroxylation is 1. The second kappa shape index (κ2) is 7.56.